The Morgan fingerprint density at radius 2 is 2.17 bits per heavy atom. The quantitative estimate of drug-likeness (QED) is 0.611. The van der Waals surface area contributed by atoms with Crippen molar-refractivity contribution in [2.75, 3.05) is 28.7 Å². The summed E-state index contributed by atoms with van der Waals surface area (Å²) in [5.74, 6) is 1.18. The summed E-state index contributed by atoms with van der Waals surface area (Å²) in [6.07, 6.45) is 5.93. The number of amides is 1. The van der Waals surface area contributed by atoms with Crippen LogP contribution in [0.5, 0.6) is 0 Å². The fraction of sp³-hybridized carbons (Fsp3) is 0.421. The van der Waals surface area contributed by atoms with E-state index in [-0.39, 0.29) is 18.5 Å². The van der Waals surface area contributed by atoms with Crippen LogP contribution in [0.2, 0.25) is 18.6 Å². The van der Waals surface area contributed by atoms with Gasteiger partial charge in [-0.25, -0.2) is 14.5 Å². The minimum atomic E-state index is -2.19. The number of nitrogens with zero attached hydrogens (tertiary/aromatic N) is 7. The van der Waals surface area contributed by atoms with Gasteiger partial charge in [-0.3, -0.25) is 4.79 Å². The summed E-state index contributed by atoms with van der Waals surface area (Å²) in [4.78, 5) is 40.2. The van der Waals surface area contributed by atoms with Crippen LogP contribution in [0.1, 0.15) is 12.0 Å². The van der Waals surface area contributed by atoms with Crippen molar-refractivity contribution in [1.29, 1.82) is 0 Å². The molecule has 0 spiro atoms. The highest BCUT2D eigenvalue weighted by Crippen LogP contribution is 2.39. The molecule has 30 heavy (non-hydrogen) atoms. The van der Waals surface area contributed by atoms with Gasteiger partial charge in [0.15, 0.2) is 19.8 Å². The zero-order valence-corrected chi connectivity index (χ0v) is 18.2. The average molecular weight is 425 g/mol. The van der Waals surface area contributed by atoms with Gasteiger partial charge >= 0.3 is 0 Å². The first-order valence-electron chi connectivity index (χ1n) is 10.0. The molecule has 0 aromatic carbocycles. The molecule has 5 rings (SSSR count). The van der Waals surface area contributed by atoms with E-state index in [1.165, 1.54) is 6.33 Å². The Kier molecular flexibility index (Phi) is 4.26. The van der Waals surface area contributed by atoms with E-state index in [0.29, 0.717) is 11.6 Å². The van der Waals surface area contributed by atoms with Crippen LogP contribution in [0.3, 0.4) is 0 Å². The maximum atomic E-state index is 12.6. The van der Waals surface area contributed by atoms with Crippen LogP contribution in [-0.4, -0.2) is 63.2 Å². The van der Waals surface area contributed by atoms with Crippen LogP contribution in [-0.2, 0) is 4.79 Å². The molecule has 2 aliphatic rings. The smallest absolute Gasteiger partial charge is 0.246 e. The molecule has 0 bridgehead atoms. The molecule has 11 heteroatoms. The van der Waals surface area contributed by atoms with Gasteiger partial charge < -0.3 is 19.9 Å². The van der Waals surface area contributed by atoms with E-state index < -0.39 is 8.32 Å². The fourth-order valence-electron chi connectivity index (χ4n) is 4.30. The van der Waals surface area contributed by atoms with E-state index in [1.54, 1.807) is 22.7 Å². The van der Waals surface area contributed by atoms with Crippen LogP contribution >= 0.6 is 0 Å². The highest BCUT2D eigenvalue weighted by Gasteiger charge is 2.42. The summed E-state index contributed by atoms with van der Waals surface area (Å²) >= 11 is 0. The van der Waals surface area contributed by atoms with E-state index in [4.69, 9.17) is 4.98 Å². The van der Waals surface area contributed by atoms with Gasteiger partial charge in [0, 0.05) is 13.1 Å². The molecule has 5 heterocycles. The van der Waals surface area contributed by atoms with Crippen LogP contribution < -0.4 is 15.1 Å². The number of pyridine rings is 1. The van der Waals surface area contributed by atoms with Crippen LogP contribution in [0.4, 0.5) is 23.1 Å². The molecule has 0 saturated carbocycles. The molecule has 1 amide bonds. The van der Waals surface area contributed by atoms with Crippen molar-refractivity contribution < 1.29 is 9.59 Å². The molecule has 0 aliphatic carbocycles. The molecule has 2 aliphatic heterocycles. The number of nitrogens with one attached hydrogen (secondary N) is 1. The van der Waals surface area contributed by atoms with Gasteiger partial charge in [-0.15, -0.1) is 0 Å². The molecule has 3 aromatic heterocycles. The van der Waals surface area contributed by atoms with E-state index in [2.05, 4.69) is 20.4 Å². The van der Waals surface area contributed by atoms with E-state index in [1.807, 2.05) is 30.6 Å². The number of fused-ring (bicyclic) bond motifs is 2. The lowest BCUT2D eigenvalue weighted by Crippen LogP contribution is -2.48. The normalized spacial score (nSPS) is 23.9. The van der Waals surface area contributed by atoms with Crippen molar-refractivity contribution in [2.45, 2.75) is 38.0 Å². The number of likely N-dealkylation sites (N-methyl/N-ethyl adjacent to an activating group) is 1. The summed E-state index contributed by atoms with van der Waals surface area (Å²) in [6.45, 7) is 4.24. The standard InChI is InChI=1S/C19H24N8O2Si/c1-12-6-16-21-11-22-27(16)8-14(12)23-19-20-7-15-18(24-19)26(9-17(28)25(15)2)13-4-5-30(3,29)10-13/h6-8,11,13,29H,4-5,9-10H2,1-3H3,(H,20,23,24). The number of carbonyl (C=O) groups excluding carboxylic acids is 1. The second-order valence-corrected chi connectivity index (χ2v) is 12.3. The summed E-state index contributed by atoms with van der Waals surface area (Å²) in [5.41, 5.74) is 3.29. The Balaban J connectivity index is 1.50. The van der Waals surface area contributed by atoms with Gasteiger partial charge in [-0.1, -0.05) is 0 Å². The monoisotopic (exact) mass is 424 g/mol. The predicted octanol–water partition coefficient (Wildman–Crippen LogP) is 1.69. The maximum Gasteiger partial charge on any atom is 0.246 e. The Morgan fingerprint density at radius 3 is 2.93 bits per heavy atom. The largest absolute Gasteiger partial charge is 0.432 e. The van der Waals surface area contributed by atoms with E-state index >= 15 is 0 Å². The second kappa shape index (κ2) is 6.74. The Morgan fingerprint density at radius 1 is 1.33 bits per heavy atom. The number of aromatic nitrogens is 5. The molecule has 3 aromatic rings. The highest BCUT2D eigenvalue weighted by molar-refractivity contribution is 6.72. The Bertz CT molecular complexity index is 1150. The Hall–Kier alpha value is -3.05. The SMILES string of the molecule is Cc1cc2ncnn2cc1Nc1ncc2c(n1)N(C1CC[Si](C)(O)C1)CC(=O)N2C. The number of aryl methyl sites for hydroxylation is 1. The van der Waals surface area contributed by atoms with Crippen molar-refractivity contribution in [1.82, 2.24) is 24.6 Å². The molecule has 2 unspecified atom stereocenters. The molecule has 1 saturated heterocycles. The lowest BCUT2D eigenvalue weighted by molar-refractivity contribution is -0.117. The van der Waals surface area contributed by atoms with Gasteiger partial charge in [0.25, 0.3) is 0 Å². The molecule has 156 valence electrons. The fourth-order valence-corrected chi connectivity index (χ4v) is 6.90. The Labute approximate surface area is 174 Å². The predicted molar refractivity (Wildman–Crippen MR) is 116 cm³/mol. The first kappa shape index (κ1) is 18.9. The zero-order valence-electron chi connectivity index (χ0n) is 17.2. The minimum absolute atomic E-state index is 0.00694. The third-order valence-electron chi connectivity index (χ3n) is 6.06. The van der Waals surface area contributed by atoms with Gasteiger partial charge in [0.05, 0.1) is 24.6 Å². The first-order chi connectivity index (χ1) is 14.3. The van der Waals surface area contributed by atoms with E-state index in [9.17, 15) is 9.59 Å². The molecule has 2 N–H and O–H groups in total. The topological polar surface area (TPSA) is 112 Å². The number of carbonyl (C=O) groups is 1. The molecule has 1 fully saturated rings. The van der Waals surface area contributed by atoms with Crippen molar-refractivity contribution in [3.8, 4) is 0 Å². The molecule has 10 nitrogen and oxygen atoms in total. The van der Waals surface area contributed by atoms with Gasteiger partial charge in [-0.05, 0) is 43.6 Å². The lowest BCUT2D eigenvalue weighted by Gasteiger charge is -2.38. The van der Waals surface area contributed by atoms with Gasteiger partial charge in [0.1, 0.15) is 12.0 Å². The summed E-state index contributed by atoms with van der Waals surface area (Å²) < 4.78 is 1.69. The maximum absolute atomic E-state index is 12.6. The zero-order chi connectivity index (χ0) is 21.0. The van der Waals surface area contributed by atoms with Gasteiger partial charge in [-0.2, -0.15) is 10.1 Å². The molecular formula is C19H24N8O2Si. The summed E-state index contributed by atoms with van der Waals surface area (Å²) in [5, 5.41) is 7.46. The molecular weight excluding hydrogens is 400 g/mol. The number of hydrogen-bond donors (Lipinski definition) is 2. The number of anilines is 4. The minimum Gasteiger partial charge on any atom is -0.432 e. The third kappa shape index (κ3) is 3.19. The van der Waals surface area contributed by atoms with Crippen molar-refractivity contribution >= 4 is 43.0 Å². The van der Waals surface area contributed by atoms with Crippen molar-refractivity contribution in [3.63, 3.8) is 0 Å². The van der Waals surface area contributed by atoms with E-state index in [0.717, 1.165) is 41.2 Å². The third-order valence-corrected chi connectivity index (χ3v) is 8.78. The summed E-state index contributed by atoms with van der Waals surface area (Å²) in [7, 11) is -0.443. The lowest BCUT2D eigenvalue weighted by atomic mass is 10.1. The number of hydrogen-bond acceptors (Lipinski definition) is 8. The molecule has 2 atom stereocenters. The van der Waals surface area contributed by atoms with Crippen LogP contribution in [0, 0.1) is 6.92 Å². The first-order valence-corrected chi connectivity index (χ1v) is 12.9. The van der Waals surface area contributed by atoms with Crippen molar-refractivity contribution in [3.05, 3.63) is 30.4 Å². The van der Waals surface area contributed by atoms with Crippen LogP contribution in [0.25, 0.3) is 5.65 Å². The van der Waals surface area contributed by atoms with Crippen molar-refractivity contribution in [2.24, 2.45) is 0 Å². The highest BCUT2D eigenvalue weighted by atomic mass is 28.4. The number of rotatable bonds is 3. The van der Waals surface area contributed by atoms with Crippen LogP contribution in [0.15, 0.2) is 24.8 Å². The summed E-state index contributed by atoms with van der Waals surface area (Å²) in [6, 6.07) is 3.66. The second-order valence-electron chi connectivity index (χ2n) is 8.43. The average Bonchev–Trinajstić information content (AvgIpc) is 3.30. The molecule has 0 radical (unpaired) electrons. The van der Waals surface area contributed by atoms with Gasteiger partial charge in [0.2, 0.25) is 11.9 Å².